The largest absolute Gasteiger partial charge is 0.409 e. The standard InChI is InChI=1S/C14H18FN3O2/c1-14(13(16)17-20)6-8-18(9-7-14)12(19)10-4-2-3-5-11(10)15/h2-5,20H,6-9H2,1H3,(H2,16,17). The molecule has 0 bridgehead atoms. The van der Waals surface area contributed by atoms with E-state index in [9.17, 15) is 9.18 Å². The van der Waals surface area contributed by atoms with Gasteiger partial charge in [-0.25, -0.2) is 4.39 Å². The van der Waals surface area contributed by atoms with E-state index >= 15 is 0 Å². The second-order valence-corrected chi connectivity index (χ2v) is 5.32. The van der Waals surface area contributed by atoms with Crippen LogP contribution in [0, 0.1) is 11.2 Å². The second kappa shape index (κ2) is 5.48. The maximum atomic E-state index is 13.6. The molecule has 0 atom stereocenters. The van der Waals surface area contributed by atoms with Crippen LogP contribution in [-0.4, -0.2) is 34.9 Å². The van der Waals surface area contributed by atoms with Crippen molar-refractivity contribution < 1.29 is 14.4 Å². The zero-order chi connectivity index (χ0) is 14.8. The van der Waals surface area contributed by atoms with Crippen LogP contribution in [0.25, 0.3) is 0 Å². The lowest BCUT2D eigenvalue weighted by atomic mass is 9.79. The lowest BCUT2D eigenvalue weighted by Crippen LogP contribution is -2.47. The normalized spacial score (nSPS) is 18.9. The Morgan fingerprint density at radius 1 is 1.40 bits per heavy atom. The van der Waals surface area contributed by atoms with Crippen molar-refractivity contribution in [3.63, 3.8) is 0 Å². The molecule has 1 aliphatic rings. The van der Waals surface area contributed by atoms with E-state index in [0.717, 1.165) is 0 Å². The van der Waals surface area contributed by atoms with Gasteiger partial charge in [0.2, 0.25) is 0 Å². The fraction of sp³-hybridized carbons (Fsp3) is 0.429. The summed E-state index contributed by atoms with van der Waals surface area (Å²) in [7, 11) is 0. The number of likely N-dealkylation sites (tertiary alicyclic amines) is 1. The molecular weight excluding hydrogens is 261 g/mol. The minimum absolute atomic E-state index is 0.0832. The van der Waals surface area contributed by atoms with Gasteiger partial charge in [-0.2, -0.15) is 0 Å². The molecule has 2 rings (SSSR count). The first-order chi connectivity index (χ1) is 9.48. The van der Waals surface area contributed by atoms with E-state index in [4.69, 9.17) is 10.9 Å². The zero-order valence-corrected chi connectivity index (χ0v) is 11.3. The Morgan fingerprint density at radius 3 is 2.55 bits per heavy atom. The highest BCUT2D eigenvalue weighted by Gasteiger charge is 2.36. The third-order valence-corrected chi connectivity index (χ3v) is 3.98. The van der Waals surface area contributed by atoms with Crippen molar-refractivity contribution in [2.24, 2.45) is 16.3 Å². The van der Waals surface area contributed by atoms with Crippen LogP contribution >= 0.6 is 0 Å². The van der Waals surface area contributed by atoms with E-state index in [0.29, 0.717) is 25.9 Å². The summed E-state index contributed by atoms with van der Waals surface area (Å²) >= 11 is 0. The van der Waals surface area contributed by atoms with Gasteiger partial charge in [-0.3, -0.25) is 4.79 Å². The minimum atomic E-state index is -0.512. The van der Waals surface area contributed by atoms with Crippen LogP contribution in [0.4, 0.5) is 4.39 Å². The van der Waals surface area contributed by atoms with E-state index < -0.39 is 11.2 Å². The average molecular weight is 279 g/mol. The number of halogens is 1. The predicted octanol–water partition coefficient (Wildman–Crippen LogP) is 1.81. The Kier molecular flexibility index (Phi) is 3.92. The first kappa shape index (κ1) is 14.3. The number of benzene rings is 1. The molecule has 108 valence electrons. The maximum Gasteiger partial charge on any atom is 0.256 e. The van der Waals surface area contributed by atoms with Crippen molar-refractivity contribution in [2.75, 3.05) is 13.1 Å². The molecular formula is C14H18FN3O2. The van der Waals surface area contributed by atoms with E-state index in [2.05, 4.69) is 5.16 Å². The van der Waals surface area contributed by atoms with E-state index in [-0.39, 0.29) is 17.3 Å². The summed E-state index contributed by atoms with van der Waals surface area (Å²) in [6.45, 7) is 2.81. The molecule has 1 aromatic rings. The Labute approximate surface area is 116 Å². The molecule has 1 amide bonds. The Bertz CT molecular complexity index is 537. The lowest BCUT2D eigenvalue weighted by Gasteiger charge is -2.38. The van der Waals surface area contributed by atoms with Gasteiger partial charge in [0.15, 0.2) is 0 Å². The van der Waals surface area contributed by atoms with E-state index in [1.807, 2.05) is 6.92 Å². The highest BCUT2D eigenvalue weighted by Crippen LogP contribution is 2.31. The summed E-state index contributed by atoms with van der Waals surface area (Å²) in [5, 5.41) is 11.8. The fourth-order valence-electron chi connectivity index (χ4n) is 2.39. The summed E-state index contributed by atoms with van der Waals surface area (Å²) in [6, 6.07) is 5.95. The van der Waals surface area contributed by atoms with Crippen molar-refractivity contribution in [1.29, 1.82) is 0 Å². The summed E-state index contributed by atoms with van der Waals surface area (Å²) < 4.78 is 13.6. The zero-order valence-electron chi connectivity index (χ0n) is 11.3. The molecule has 0 unspecified atom stereocenters. The third-order valence-electron chi connectivity index (χ3n) is 3.98. The molecule has 1 heterocycles. The van der Waals surface area contributed by atoms with Crippen LogP contribution < -0.4 is 5.73 Å². The van der Waals surface area contributed by atoms with Crippen molar-refractivity contribution in [3.8, 4) is 0 Å². The van der Waals surface area contributed by atoms with Gasteiger partial charge in [0.1, 0.15) is 11.7 Å². The van der Waals surface area contributed by atoms with E-state index in [1.165, 1.54) is 12.1 Å². The summed E-state index contributed by atoms with van der Waals surface area (Å²) in [6.07, 6.45) is 1.17. The number of oxime groups is 1. The topological polar surface area (TPSA) is 78.9 Å². The van der Waals surface area contributed by atoms with Gasteiger partial charge in [0.25, 0.3) is 5.91 Å². The van der Waals surface area contributed by atoms with Crippen molar-refractivity contribution in [2.45, 2.75) is 19.8 Å². The molecule has 6 heteroatoms. The van der Waals surface area contributed by atoms with Crippen molar-refractivity contribution >= 4 is 11.7 Å². The minimum Gasteiger partial charge on any atom is -0.409 e. The van der Waals surface area contributed by atoms with Crippen LogP contribution in [0.3, 0.4) is 0 Å². The number of carbonyl (C=O) groups is 1. The number of piperidine rings is 1. The number of hydrogen-bond acceptors (Lipinski definition) is 3. The number of rotatable bonds is 2. The molecule has 0 saturated carbocycles. The first-order valence-electron chi connectivity index (χ1n) is 6.50. The number of amides is 1. The fourth-order valence-corrected chi connectivity index (χ4v) is 2.39. The van der Waals surface area contributed by atoms with Crippen LogP contribution in [-0.2, 0) is 0 Å². The number of nitrogens with zero attached hydrogens (tertiary/aromatic N) is 2. The smallest absolute Gasteiger partial charge is 0.256 e. The molecule has 0 spiro atoms. The van der Waals surface area contributed by atoms with Crippen molar-refractivity contribution in [3.05, 3.63) is 35.6 Å². The Balaban J connectivity index is 2.08. The molecule has 0 aliphatic carbocycles. The Hall–Kier alpha value is -2.11. The van der Waals surface area contributed by atoms with E-state index in [1.54, 1.807) is 17.0 Å². The maximum absolute atomic E-state index is 13.6. The van der Waals surface area contributed by atoms with Crippen LogP contribution in [0.15, 0.2) is 29.4 Å². The number of hydrogen-bond donors (Lipinski definition) is 2. The molecule has 3 N–H and O–H groups in total. The predicted molar refractivity (Wildman–Crippen MR) is 73.1 cm³/mol. The summed E-state index contributed by atoms with van der Waals surface area (Å²) in [4.78, 5) is 13.8. The summed E-state index contributed by atoms with van der Waals surface area (Å²) in [5.41, 5.74) is 5.34. The number of carbonyl (C=O) groups excluding carboxylic acids is 1. The highest BCUT2D eigenvalue weighted by molar-refractivity contribution is 5.95. The van der Waals surface area contributed by atoms with Gasteiger partial charge < -0.3 is 15.8 Å². The van der Waals surface area contributed by atoms with Crippen LogP contribution in [0.2, 0.25) is 0 Å². The molecule has 1 saturated heterocycles. The van der Waals surface area contributed by atoms with Gasteiger partial charge in [0.05, 0.1) is 5.56 Å². The van der Waals surface area contributed by atoms with Gasteiger partial charge in [-0.15, -0.1) is 0 Å². The van der Waals surface area contributed by atoms with Gasteiger partial charge in [-0.1, -0.05) is 24.2 Å². The van der Waals surface area contributed by atoms with Gasteiger partial charge >= 0.3 is 0 Å². The molecule has 0 radical (unpaired) electrons. The number of amidine groups is 1. The molecule has 1 aromatic carbocycles. The number of nitrogens with two attached hydrogens (primary N) is 1. The second-order valence-electron chi connectivity index (χ2n) is 5.32. The monoisotopic (exact) mass is 279 g/mol. The SMILES string of the molecule is CC1(/C(N)=N/O)CCN(C(=O)c2ccccc2F)CC1. The lowest BCUT2D eigenvalue weighted by molar-refractivity contribution is 0.0662. The highest BCUT2D eigenvalue weighted by atomic mass is 19.1. The molecule has 1 aliphatic heterocycles. The third kappa shape index (κ3) is 2.59. The molecule has 5 nitrogen and oxygen atoms in total. The molecule has 1 fully saturated rings. The first-order valence-corrected chi connectivity index (χ1v) is 6.50. The van der Waals surface area contributed by atoms with Crippen LogP contribution in [0.1, 0.15) is 30.1 Å². The van der Waals surface area contributed by atoms with Gasteiger partial charge in [-0.05, 0) is 25.0 Å². The quantitative estimate of drug-likeness (QED) is 0.375. The average Bonchev–Trinajstić information content (AvgIpc) is 2.47. The van der Waals surface area contributed by atoms with Crippen molar-refractivity contribution in [1.82, 2.24) is 4.90 Å². The Morgan fingerprint density at radius 2 is 2.00 bits per heavy atom. The van der Waals surface area contributed by atoms with Gasteiger partial charge in [0, 0.05) is 18.5 Å². The summed E-state index contributed by atoms with van der Waals surface area (Å²) in [5.74, 6) is -0.651. The van der Waals surface area contributed by atoms with Crippen LogP contribution in [0.5, 0.6) is 0 Å². The molecule has 20 heavy (non-hydrogen) atoms. The molecule has 0 aromatic heterocycles.